The van der Waals surface area contributed by atoms with Crippen LogP contribution in [-0.2, 0) is 0 Å². The predicted octanol–water partition coefficient (Wildman–Crippen LogP) is 2.75. The number of hydrogen-bond donors (Lipinski definition) is 1. The Morgan fingerprint density at radius 3 is 2.52 bits per heavy atom. The summed E-state index contributed by atoms with van der Waals surface area (Å²) in [5.74, 6) is 0. The number of aliphatic hydroxyl groups excluding tert-OH is 1. The highest BCUT2D eigenvalue weighted by Gasteiger charge is 2.25. The van der Waals surface area contributed by atoms with E-state index in [0.29, 0.717) is 6.04 Å². The first-order valence-corrected chi connectivity index (χ1v) is 8.10. The van der Waals surface area contributed by atoms with Crippen molar-refractivity contribution in [3.8, 4) is 0 Å². The standard InChI is InChI=1S/C18H30N2O/c1-14-10-15(2)12-16(11-14)18(21)7-9-20-8-5-6-17(20)13-19(3)4/h10-12,17-18,21H,5-9,13H2,1-4H3. The first kappa shape index (κ1) is 16.5. The van der Waals surface area contributed by atoms with Crippen molar-refractivity contribution in [1.29, 1.82) is 0 Å². The molecule has 118 valence electrons. The fourth-order valence-corrected chi connectivity index (χ4v) is 3.47. The van der Waals surface area contributed by atoms with Gasteiger partial charge in [-0.25, -0.2) is 0 Å². The number of likely N-dealkylation sites (tertiary alicyclic amines) is 1. The van der Waals surface area contributed by atoms with Crippen LogP contribution in [0.25, 0.3) is 0 Å². The highest BCUT2D eigenvalue weighted by molar-refractivity contribution is 5.29. The lowest BCUT2D eigenvalue weighted by molar-refractivity contribution is 0.131. The van der Waals surface area contributed by atoms with Crippen molar-refractivity contribution in [2.45, 2.75) is 45.3 Å². The van der Waals surface area contributed by atoms with Crippen LogP contribution in [0.15, 0.2) is 18.2 Å². The van der Waals surface area contributed by atoms with Crippen LogP contribution in [0, 0.1) is 13.8 Å². The summed E-state index contributed by atoms with van der Waals surface area (Å²) in [6, 6.07) is 7.04. The van der Waals surface area contributed by atoms with E-state index >= 15 is 0 Å². The SMILES string of the molecule is Cc1cc(C)cc(C(O)CCN2CCCC2CN(C)C)c1. The zero-order valence-corrected chi connectivity index (χ0v) is 14.0. The van der Waals surface area contributed by atoms with Gasteiger partial charge < -0.3 is 10.0 Å². The number of hydrogen-bond acceptors (Lipinski definition) is 3. The summed E-state index contributed by atoms with van der Waals surface area (Å²) in [5, 5.41) is 10.5. The Bertz CT molecular complexity index is 438. The van der Waals surface area contributed by atoms with Crippen LogP contribution in [0.3, 0.4) is 0 Å². The molecule has 0 saturated carbocycles. The van der Waals surface area contributed by atoms with Crippen molar-refractivity contribution in [2.75, 3.05) is 33.7 Å². The summed E-state index contributed by atoms with van der Waals surface area (Å²) < 4.78 is 0. The van der Waals surface area contributed by atoms with Crippen LogP contribution in [0.2, 0.25) is 0 Å². The van der Waals surface area contributed by atoms with Crippen molar-refractivity contribution < 1.29 is 5.11 Å². The zero-order chi connectivity index (χ0) is 15.4. The summed E-state index contributed by atoms with van der Waals surface area (Å²) in [4.78, 5) is 4.81. The molecule has 0 aliphatic carbocycles. The third kappa shape index (κ3) is 4.80. The van der Waals surface area contributed by atoms with Crippen LogP contribution in [0.4, 0.5) is 0 Å². The topological polar surface area (TPSA) is 26.7 Å². The average molecular weight is 290 g/mol. The first-order valence-electron chi connectivity index (χ1n) is 8.10. The molecule has 1 aliphatic rings. The van der Waals surface area contributed by atoms with E-state index in [1.807, 2.05) is 0 Å². The quantitative estimate of drug-likeness (QED) is 0.873. The number of nitrogens with zero attached hydrogens (tertiary/aromatic N) is 2. The number of aliphatic hydroxyl groups is 1. The highest BCUT2D eigenvalue weighted by Crippen LogP contribution is 2.23. The molecule has 1 saturated heterocycles. The lowest BCUT2D eigenvalue weighted by Gasteiger charge is -2.27. The molecule has 3 heteroatoms. The molecule has 0 radical (unpaired) electrons. The molecule has 1 fully saturated rings. The molecule has 21 heavy (non-hydrogen) atoms. The van der Waals surface area contributed by atoms with Crippen molar-refractivity contribution in [3.63, 3.8) is 0 Å². The molecule has 0 amide bonds. The number of likely N-dealkylation sites (N-methyl/N-ethyl adjacent to an activating group) is 1. The van der Waals surface area contributed by atoms with Gasteiger partial charge in [0.1, 0.15) is 0 Å². The molecule has 1 aliphatic heterocycles. The van der Waals surface area contributed by atoms with Gasteiger partial charge in [0.15, 0.2) is 0 Å². The van der Waals surface area contributed by atoms with Crippen LogP contribution < -0.4 is 0 Å². The van der Waals surface area contributed by atoms with Gasteiger partial charge in [0, 0.05) is 19.1 Å². The van der Waals surface area contributed by atoms with Gasteiger partial charge >= 0.3 is 0 Å². The molecular weight excluding hydrogens is 260 g/mol. The third-order valence-corrected chi connectivity index (χ3v) is 4.39. The van der Waals surface area contributed by atoms with E-state index in [2.05, 4.69) is 55.9 Å². The lowest BCUT2D eigenvalue weighted by Crippen LogP contribution is -2.38. The van der Waals surface area contributed by atoms with Crippen molar-refractivity contribution >= 4 is 0 Å². The Morgan fingerprint density at radius 2 is 1.90 bits per heavy atom. The van der Waals surface area contributed by atoms with Crippen LogP contribution in [0.5, 0.6) is 0 Å². The minimum absolute atomic E-state index is 0.343. The van der Waals surface area contributed by atoms with Gasteiger partial charge in [0.25, 0.3) is 0 Å². The highest BCUT2D eigenvalue weighted by atomic mass is 16.3. The molecule has 1 aromatic rings. The Morgan fingerprint density at radius 1 is 1.24 bits per heavy atom. The van der Waals surface area contributed by atoms with Gasteiger partial charge in [-0.15, -0.1) is 0 Å². The fraction of sp³-hybridized carbons (Fsp3) is 0.667. The van der Waals surface area contributed by atoms with E-state index < -0.39 is 0 Å². The zero-order valence-electron chi connectivity index (χ0n) is 14.0. The molecular formula is C18H30N2O. The molecule has 1 N–H and O–H groups in total. The maximum atomic E-state index is 10.5. The van der Waals surface area contributed by atoms with E-state index in [0.717, 1.165) is 25.1 Å². The van der Waals surface area contributed by atoms with Gasteiger partial charge in [-0.1, -0.05) is 29.3 Å². The molecule has 2 rings (SSSR count). The molecule has 3 nitrogen and oxygen atoms in total. The average Bonchev–Trinajstić information content (AvgIpc) is 2.81. The second-order valence-corrected chi connectivity index (χ2v) is 6.82. The molecule has 0 bridgehead atoms. The second-order valence-electron chi connectivity index (χ2n) is 6.82. The Balaban J connectivity index is 1.89. The van der Waals surface area contributed by atoms with Crippen molar-refractivity contribution in [3.05, 3.63) is 34.9 Å². The lowest BCUT2D eigenvalue weighted by atomic mass is 10.0. The molecule has 1 heterocycles. The van der Waals surface area contributed by atoms with E-state index in [-0.39, 0.29) is 6.10 Å². The van der Waals surface area contributed by atoms with E-state index in [4.69, 9.17) is 0 Å². The van der Waals surface area contributed by atoms with Gasteiger partial charge in [0.2, 0.25) is 0 Å². The monoisotopic (exact) mass is 290 g/mol. The summed E-state index contributed by atoms with van der Waals surface area (Å²) in [6.07, 6.45) is 3.06. The Hall–Kier alpha value is -0.900. The third-order valence-electron chi connectivity index (χ3n) is 4.39. The van der Waals surface area contributed by atoms with Crippen LogP contribution in [0.1, 0.15) is 42.1 Å². The van der Waals surface area contributed by atoms with E-state index in [9.17, 15) is 5.11 Å². The minimum Gasteiger partial charge on any atom is -0.388 e. The smallest absolute Gasteiger partial charge is 0.0802 e. The number of aryl methyl sites for hydroxylation is 2. The second kappa shape index (κ2) is 7.39. The molecule has 0 aromatic heterocycles. The van der Waals surface area contributed by atoms with E-state index in [1.165, 1.54) is 30.5 Å². The van der Waals surface area contributed by atoms with E-state index in [1.54, 1.807) is 0 Å². The normalized spacial score (nSPS) is 21.1. The van der Waals surface area contributed by atoms with Crippen molar-refractivity contribution in [2.24, 2.45) is 0 Å². The Kier molecular flexibility index (Phi) is 5.80. The predicted molar refractivity (Wildman–Crippen MR) is 88.6 cm³/mol. The summed E-state index contributed by atoms with van der Waals surface area (Å²) in [7, 11) is 4.28. The molecule has 0 spiro atoms. The maximum Gasteiger partial charge on any atom is 0.0802 e. The molecule has 2 atom stereocenters. The summed E-state index contributed by atoms with van der Waals surface area (Å²) >= 11 is 0. The summed E-state index contributed by atoms with van der Waals surface area (Å²) in [5.41, 5.74) is 3.53. The number of rotatable bonds is 6. The molecule has 1 aromatic carbocycles. The van der Waals surface area contributed by atoms with Crippen LogP contribution in [-0.4, -0.2) is 54.7 Å². The number of benzene rings is 1. The maximum absolute atomic E-state index is 10.5. The van der Waals surface area contributed by atoms with Crippen molar-refractivity contribution in [1.82, 2.24) is 9.80 Å². The van der Waals surface area contributed by atoms with Gasteiger partial charge in [0.05, 0.1) is 6.10 Å². The van der Waals surface area contributed by atoms with Crippen LogP contribution >= 0.6 is 0 Å². The Labute approximate surface area is 129 Å². The largest absolute Gasteiger partial charge is 0.388 e. The van der Waals surface area contributed by atoms with Gasteiger partial charge in [-0.3, -0.25) is 4.90 Å². The fourth-order valence-electron chi connectivity index (χ4n) is 3.47. The first-order chi connectivity index (χ1) is 9.95. The van der Waals surface area contributed by atoms with Gasteiger partial charge in [-0.2, -0.15) is 0 Å². The minimum atomic E-state index is -0.343. The molecule has 2 unspecified atom stereocenters. The van der Waals surface area contributed by atoms with Gasteiger partial charge in [-0.05, 0) is 59.3 Å². The summed E-state index contributed by atoms with van der Waals surface area (Å²) in [6.45, 7) is 7.48.